The number of rotatable bonds is 6. The zero-order valence-electron chi connectivity index (χ0n) is 15.6. The van der Waals surface area contributed by atoms with E-state index in [0.717, 1.165) is 11.4 Å². The highest BCUT2D eigenvalue weighted by atomic mass is 16.5. The van der Waals surface area contributed by atoms with Crippen molar-refractivity contribution in [2.75, 3.05) is 6.54 Å². The van der Waals surface area contributed by atoms with Gasteiger partial charge in [-0.15, -0.1) is 0 Å². The molecule has 2 N–H and O–H groups in total. The van der Waals surface area contributed by atoms with Crippen molar-refractivity contribution < 1.29 is 19.2 Å². The summed E-state index contributed by atoms with van der Waals surface area (Å²) in [5.41, 5.74) is 1.70. The summed E-state index contributed by atoms with van der Waals surface area (Å²) < 4.78 is 11.4. The van der Waals surface area contributed by atoms with Gasteiger partial charge in [-0.25, -0.2) is 4.98 Å². The summed E-state index contributed by atoms with van der Waals surface area (Å²) in [5, 5.41) is 17.1. The van der Waals surface area contributed by atoms with Crippen molar-refractivity contribution in [3.05, 3.63) is 60.4 Å². The summed E-state index contributed by atoms with van der Waals surface area (Å²) in [6, 6.07) is 7.43. The maximum absolute atomic E-state index is 12.1. The van der Waals surface area contributed by atoms with E-state index in [-0.39, 0.29) is 24.2 Å². The maximum Gasteiger partial charge on any atom is 0.271 e. The van der Waals surface area contributed by atoms with E-state index in [4.69, 9.17) is 9.26 Å². The number of ether oxygens (including phenoxy) is 1. The van der Waals surface area contributed by atoms with Crippen LogP contribution in [0.1, 0.15) is 29.0 Å². The molecule has 29 heavy (non-hydrogen) atoms. The SMILES string of the molecule is O=C(NCC1OC(Cc2cc(-c3ccccn3)on2)CCC1O)c1cnccn1. The monoisotopic (exact) mass is 395 g/mol. The van der Waals surface area contributed by atoms with Gasteiger partial charge >= 0.3 is 0 Å². The van der Waals surface area contributed by atoms with Crippen LogP contribution in [0.3, 0.4) is 0 Å². The first-order valence-corrected chi connectivity index (χ1v) is 9.44. The van der Waals surface area contributed by atoms with Crippen LogP contribution in [-0.2, 0) is 11.2 Å². The van der Waals surface area contributed by atoms with Crippen molar-refractivity contribution in [2.45, 2.75) is 37.6 Å². The van der Waals surface area contributed by atoms with Crippen molar-refractivity contribution >= 4 is 5.91 Å². The number of pyridine rings is 1. The van der Waals surface area contributed by atoms with Gasteiger partial charge in [0.05, 0.1) is 24.1 Å². The standard InChI is InChI=1S/C20H21N5O4/c26-17-5-4-14(9-13-10-18(29-25-13)15-3-1-2-6-22-15)28-19(17)12-24-20(27)16-11-21-7-8-23-16/h1-3,6-8,10-11,14,17,19,26H,4-5,9,12H2,(H,24,27). The van der Waals surface area contributed by atoms with Crippen LogP contribution in [0.4, 0.5) is 0 Å². The summed E-state index contributed by atoms with van der Waals surface area (Å²) in [4.78, 5) is 24.2. The van der Waals surface area contributed by atoms with Crippen molar-refractivity contribution in [3.63, 3.8) is 0 Å². The van der Waals surface area contributed by atoms with E-state index < -0.39 is 12.2 Å². The van der Waals surface area contributed by atoms with Crippen LogP contribution in [0.5, 0.6) is 0 Å². The number of nitrogens with one attached hydrogen (secondary N) is 1. The smallest absolute Gasteiger partial charge is 0.271 e. The number of aliphatic hydroxyl groups excluding tert-OH is 1. The molecule has 1 amide bonds. The van der Waals surface area contributed by atoms with Gasteiger partial charge in [0, 0.05) is 37.6 Å². The number of amides is 1. The maximum atomic E-state index is 12.1. The molecule has 3 aromatic rings. The minimum absolute atomic E-state index is 0.126. The molecule has 4 heterocycles. The van der Waals surface area contributed by atoms with Gasteiger partial charge < -0.3 is 19.7 Å². The second-order valence-corrected chi connectivity index (χ2v) is 6.84. The third-order valence-electron chi connectivity index (χ3n) is 4.75. The van der Waals surface area contributed by atoms with Gasteiger partial charge in [-0.2, -0.15) is 0 Å². The van der Waals surface area contributed by atoms with Crippen LogP contribution in [0.25, 0.3) is 11.5 Å². The predicted molar refractivity (Wildman–Crippen MR) is 102 cm³/mol. The first kappa shape index (κ1) is 19.2. The van der Waals surface area contributed by atoms with Crippen LogP contribution in [0.15, 0.2) is 53.6 Å². The average Bonchev–Trinajstić information content (AvgIpc) is 3.23. The van der Waals surface area contributed by atoms with Crippen LogP contribution in [-0.4, -0.2) is 56.0 Å². The largest absolute Gasteiger partial charge is 0.390 e. The Morgan fingerprint density at radius 1 is 1.21 bits per heavy atom. The molecule has 9 nitrogen and oxygen atoms in total. The zero-order valence-corrected chi connectivity index (χ0v) is 15.6. The van der Waals surface area contributed by atoms with Crippen molar-refractivity contribution in [3.8, 4) is 11.5 Å². The van der Waals surface area contributed by atoms with Crippen LogP contribution in [0, 0.1) is 0 Å². The fourth-order valence-corrected chi connectivity index (χ4v) is 3.25. The van der Waals surface area contributed by atoms with Crippen molar-refractivity contribution in [1.29, 1.82) is 0 Å². The number of aliphatic hydroxyl groups is 1. The lowest BCUT2D eigenvalue weighted by Gasteiger charge is -2.33. The lowest BCUT2D eigenvalue weighted by Crippen LogP contribution is -2.46. The highest BCUT2D eigenvalue weighted by Crippen LogP contribution is 2.24. The molecule has 150 valence electrons. The molecular weight excluding hydrogens is 374 g/mol. The first-order valence-electron chi connectivity index (χ1n) is 9.44. The van der Waals surface area contributed by atoms with Crippen molar-refractivity contribution in [2.24, 2.45) is 0 Å². The summed E-state index contributed by atoms with van der Waals surface area (Å²) in [6.07, 6.45) is 6.60. The number of nitrogens with zero attached hydrogens (tertiary/aromatic N) is 4. The van der Waals surface area contributed by atoms with Gasteiger partial charge in [0.15, 0.2) is 5.76 Å². The second-order valence-electron chi connectivity index (χ2n) is 6.84. The van der Waals surface area contributed by atoms with Gasteiger partial charge in [0.1, 0.15) is 17.5 Å². The average molecular weight is 395 g/mol. The molecule has 1 aliphatic heterocycles. The molecule has 1 saturated heterocycles. The van der Waals surface area contributed by atoms with E-state index in [9.17, 15) is 9.90 Å². The molecule has 0 radical (unpaired) electrons. The van der Waals surface area contributed by atoms with Crippen molar-refractivity contribution in [1.82, 2.24) is 25.4 Å². The van der Waals surface area contributed by atoms with Gasteiger partial charge in [-0.3, -0.25) is 14.8 Å². The fourth-order valence-electron chi connectivity index (χ4n) is 3.25. The Morgan fingerprint density at radius 3 is 2.93 bits per heavy atom. The molecule has 3 aromatic heterocycles. The Bertz CT molecular complexity index is 934. The molecular formula is C20H21N5O4. The van der Waals surface area contributed by atoms with E-state index in [1.807, 2.05) is 24.3 Å². The number of hydrogen-bond acceptors (Lipinski definition) is 8. The molecule has 1 aliphatic rings. The third kappa shape index (κ3) is 4.82. The van der Waals surface area contributed by atoms with Crippen LogP contribution in [0.2, 0.25) is 0 Å². The van der Waals surface area contributed by atoms with E-state index in [0.29, 0.717) is 25.0 Å². The zero-order chi connectivity index (χ0) is 20.1. The topological polar surface area (TPSA) is 123 Å². The Labute approximate surface area is 167 Å². The molecule has 0 saturated carbocycles. The summed E-state index contributed by atoms with van der Waals surface area (Å²) >= 11 is 0. The molecule has 3 unspecified atom stereocenters. The minimum Gasteiger partial charge on any atom is -0.390 e. The number of hydrogen-bond donors (Lipinski definition) is 2. The molecule has 1 fully saturated rings. The van der Waals surface area contributed by atoms with E-state index in [1.165, 1.54) is 18.6 Å². The minimum atomic E-state index is -0.644. The van der Waals surface area contributed by atoms with Gasteiger partial charge in [-0.05, 0) is 25.0 Å². The molecule has 0 aliphatic carbocycles. The van der Waals surface area contributed by atoms with Gasteiger partial charge in [-0.1, -0.05) is 11.2 Å². The Kier molecular flexibility index (Phi) is 5.87. The summed E-state index contributed by atoms with van der Waals surface area (Å²) in [7, 11) is 0. The molecule has 0 bridgehead atoms. The molecule has 4 rings (SSSR count). The fraction of sp³-hybridized carbons (Fsp3) is 0.350. The number of carbonyl (C=O) groups is 1. The quantitative estimate of drug-likeness (QED) is 0.642. The third-order valence-corrected chi connectivity index (χ3v) is 4.75. The van der Waals surface area contributed by atoms with E-state index in [1.54, 1.807) is 6.20 Å². The van der Waals surface area contributed by atoms with Gasteiger partial charge in [0.2, 0.25) is 0 Å². The molecule has 3 atom stereocenters. The molecule has 9 heteroatoms. The highest BCUT2D eigenvalue weighted by Gasteiger charge is 2.31. The Morgan fingerprint density at radius 2 is 2.14 bits per heavy atom. The summed E-state index contributed by atoms with van der Waals surface area (Å²) in [6.45, 7) is 0.186. The lowest BCUT2D eigenvalue weighted by atomic mass is 9.98. The second kappa shape index (κ2) is 8.89. The number of carbonyl (C=O) groups excluding carboxylic acids is 1. The van der Waals surface area contributed by atoms with Gasteiger partial charge in [0.25, 0.3) is 5.91 Å². The van der Waals surface area contributed by atoms with Crippen LogP contribution < -0.4 is 5.32 Å². The predicted octanol–water partition coefficient (Wildman–Crippen LogP) is 1.41. The Balaban J connectivity index is 1.33. The molecule has 0 aromatic carbocycles. The Hall–Kier alpha value is -3.17. The van der Waals surface area contributed by atoms with Crippen LogP contribution >= 0.6 is 0 Å². The van der Waals surface area contributed by atoms with E-state index in [2.05, 4.69) is 25.4 Å². The molecule has 0 spiro atoms. The normalized spacial score (nSPS) is 21.6. The highest BCUT2D eigenvalue weighted by molar-refractivity contribution is 5.91. The number of aromatic nitrogens is 4. The first-order chi connectivity index (χ1) is 14.2. The van der Waals surface area contributed by atoms with E-state index >= 15 is 0 Å². The lowest BCUT2D eigenvalue weighted by molar-refractivity contribution is -0.114. The summed E-state index contributed by atoms with van der Waals surface area (Å²) in [5.74, 6) is 0.247.